The lowest BCUT2D eigenvalue weighted by Gasteiger charge is -2.10. The molecule has 0 fully saturated rings. The van der Waals surface area contributed by atoms with Gasteiger partial charge in [0.15, 0.2) is 5.78 Å². The lowest BCUT2D eigenvalue weighted by atomic mass is 10.2. The Morgan fingerprint density at radius 1 is 0.867 bits per heavy atom. The van der Waals surface area contributed by atoms with Gasteiger partial charge in [0.1, 0.15) is 0 Å². The van der Waals surface area contributed by atoms with Crippen LogP contribution in [0, 0.1) is 0 Å². The maximum atomic E-state index is 12.5. The molecule has 0 radical (unpaired) electrons. The second-order valence-electron chi connectivity index (χ2n) is 6.54. The zero-order valence-electron chi connectivity index (χ0n) is 16.1. The van der Waals surface area contributed by atoms with E-state index in [-0.39, 0.29) is 23.1 Å². The fourth-order valence-electron chi connectivity index (χ4n) is 2.69. The molecule has 0 saturated heterocycles. The van der Waals surface area contributed by atoms with Crippen molar-refractivity contribution in [2.75, 3.05) is 4.72 Å². The second kappa shape index (κ2) is 9.11. The highest BCUT2D eigenvalue weighted by Gasteiger charge is 2.15. The van der Waals surface area contributed by atoms with Crippen LogP contribution in [0.3, 0.4) is 0 Å². The molecule has 0 saturated carbocycles. The van der Waals surface area contributed by atoms with Gasteiger partial charge in [-0.1, -0.05) is 41.9 Å². The first kappa shape index (κ1) is 21.5. The van der Waals surface area contributed by atoms with Crippen molar-refractivity contribution in [2.24, 2.45) is 0 Å². The lowest BCUT2D eigenvalue weighted by molar-refractivity contribution is 0.0950. The summed E-state index contributed by atoms with van der Waals surface area (Å²) < 4.78 is 27.5. The van der Waals surface area contributed by atoms with E-state index in [9.17, 15) is 18.0 Å². The van der Waals surface area contributed by atoms with Crippen molar-refractivity contribution in [2.45, 2.75) is 18.4 Å². The summed E-state index contributed by atoms with van der Waals surface area (Å²) in [6.07, 6.45) is 0. The molecule has 6 nitrogen and oxygen atoms in total. The Balaban J connectivity index is 1.65. The summed E-state index contributed by atoms with van der Waals surface area (Å²) in [5.41, 5.74) is 1.93. The molecular formula is C22H19ClN2O4S. The summed E-state index contributed by atoms with van der Waals surface area (Å²) in [7, 11) is -3.82. The van der Waals surface area contributed by atoms with Gasteiger partial charge >= 0.3 is 0 Å². The van der Waals surface area contributed by atoms with Gasteiger partial charge in [-0.15, -0.1) is 0 Å². The molecule has 0 aromatic heterocycles. The minimum absolute atomic E-state index is 0.0362. The number of carbonyl (C=O) groups is 2. The van der Waals surface area contributed by atoms with Gasteiger partial charge in [-0.3, -0.25) is 14.3 Å². The molecule has 154 valence electrons. The number of carbonyl (C=O) groups excluding carboxylic acids is 2. The number of benzene rings is 3. The van der Waals surface area contributed by atoms with Gasteiger partial charge in [-0.25, -0.2) is 8.42 Å². The van der Waals surface area contributed by atoms with Crippen molar-refractivity contribution in [1.82, 2.24) is 5.32 Å². The van der Waals surface area contributed by atoms with E-state index in [1.165, 1.54) is 55.5 Å². The number of nitrogens with one attached hydrogen (secondary N) is 2. The number of rotatable bonds is 7. The van der Waals surface area contributed by atoms with Gasteiger partial charge in [0.25, 0.3) is 15.9 Å². The summed E-state index contributed by atoms with van der Waals surface area (Å²) in [5, 5.41) is 3.34. The van der Waals surface area contributed by atoms with Crippen LogP contribution in [-0.2, 0) is 16.6 Å². The summed E-state index contributed by atoms with van der Waals surface area (Å²) >= 11 is 6.08. The van der Waals surface area contributed by atoms with E-state index in [0.717, 1.165) is 5.56 Å². The zero-order valence-corrected chi connectivity index (χ0v) is 17.6. The third-order valence-electron chi connectivity index (χ3n) is 4.37. The van der Waals surface area contributed by atoms with Crippen molar-refractivity contribution < 1.29 is 18.0 Å². The van der Waals surface area contributed by atoms with Crippen molar-refractivity contribution in [3.8, 4) is 0 Å². The summed E-state index contributed by atoms with van der Waals surface area (Å²) in [5.74, 6) is -0.445. The highest BCUT2D eigenvalue weighted by molar-refractivity contribution is 7.92. The third-order valence-corrected chi connectivity index (χ3v) is 6.13. The molecule has 0 aliphatic carbocycles. The summed E-state index contributed by atoms with van der Waals surface area (Å²) in [6, 6.07) is 18.9. The first-order valence-corrected chi connectivity index (χ1v) is 10.9. The minimum atomic E-state index is -3.82. The monoisotopic (exact) mass is 442 g/mol. The average molecular weight is 443 g/mol. The second-order valence-corrected chi connectivity index (χ2v) is 8.63. The van der Waals surface area contributed by atoms with Crippen LogP contribution in [-0.4, -0.2) is 20.1 Å². The summed E-state index contributed by atoms with van der Waals surface area (Å²) in [4.78, 5) is 23.7. The molecule has 0 spiro atoms. The van der Waals surface area contributed by atoms with Crippen LogP contribution in [0.15, 0.2) is 77.7 Å². The molecule has 3 rings (SSSR count). The van der Waals surface area contributed by atoms with Crippen molar-refractivity contribution >= 4 is 39.0 Å². The first-order valence-electron chi connectivity index (χ1n) is 9.02. The van der Waals surface area contributed by atoms with E-state index in [0.29, 0.717) is 21.8 Å². The van der Waals surface area contributed by atoms with Crippen LogP contribution in [0.1, 0.15) is 33.2 Å². The number of hydrogen-bond donors (Lipinski definition) is 2. The van der Waals surface area contributed by atoms with Crippen LogP contribution >= 0.6 is 11.6 Å². The molecular weight excluding hydrogens is 424 g/mol. The van der Waals surface area contributed by atoms with E-state index in [1.807, 2.05) is 18.2 Å². The molecule has 0 atom stereocenters. The fourth-order valence-corrected chi connectivity index (χ4v) is 3.95. The van der Waals surface area contributed by atoms with Crippen LogP contribution in [0.25, 0.3) is 0 Å². The van der Waals surface area contributed by atoms with Crippen LogP contribution in [0.2, 0.25) is 5.02 Å². The van der Waals surface area contributed by atoms with Gasteiger partial charge in [-0.2, -0.15) is 0 Å². The highest BCUT2D eigenvalue weighted by atomic mass is 35.5. The Morgan fingerprint density at radius 3 is 2.07 bits per heavy atom. The van der Waals surface area contributed by atoms with E-state index in [2.05, 4.69) is 10.0 Å². The van der Waals surface area contributed by atoms with E-state index < -0.39 is 10.0 Å². The molecule has 0 heterocycles. The average Bonchev–Trinajstić information content (AvgIpc) is 2.73. The highest BCUT2D eigenvalue weighted by Crippen LogP contribution is 2.18. The number of hydrogen-bond acceptors (Lipinski definition) is 4. The number of ketones is 1. The molecule has 1 amide bonds. The first-order chi connectivity index (χ1) is 14.3. The SMILES string of the molecule is CC(=O)c1ccc(S(=O)(=O)Nc2ccc(C(=O)NCc3ccccc3Cl)cc2)cc1. The quantitative estimate of drug-likeness (QED) is 0.534. The van der Waals surface area contributed by atoms with Crippen molar-refractivity contribution in [3.05, 3.63) is 94.5 Å². The topological polar surface area (TPSA) is 92.3 Å². The maximum Gasteiger partial charge on any atom is 0.261 e. The molecule has 0 bridgehead atoms. The molecule has 8 heteroatoms. The Hall–Kier alpha value is -3.16. The van der Waals surface area contributed by atoms with Crippen molar-refractivity contribution in [1.29, 1.82) is 0 Å². The number of Topliss-reactive ketones (excluding diaryl/α,β-unsaturated/α-hetero) is 1. The van der Waals surface area contributed by atoms with E-state index in [1.54, 1.807) is 6.07 Å². The largest absolute Gasteiger partial charge is 0.348 e. The zero-order chi connectivity index (χ0) is 21.7. The molecule has 3 aromatic rings. The fraction of sp³-hybridized carbons (Fsp3) is 0.0909. The molecule has 0 unspecified atom stereocenters. The molecule has 0 aliphatic rings. The molecule has 30 heavy (non-hydrogen) atoms. The van der Waals surface area contributed by atoms with E-state index >= 15 is 0 Å². The Morgan fingerprint density at radius 2 is 1.47 bits per heavy atom. The molecule has 2 N–H and O–H groups in total. The van der Waals surface area contributed by atoms with Gasteiger partial charge in [-0.05, 0) is 55.0 Å². The number of halogens is 1. The molecule has 0 aliphatic heterocycles. The van der Waals surface area contributed by atoms with Crippen LogP contribution in [0.5, 0.6) is 0 Å². The smallest absolute Gasteiger partial charge is 0.261 e. The van der Waals surface area contributed by atoms with Gasteiger partial charge in [0, 0.05) is 28.4 Å². The Labute approximate surface area is 179 Å². The Bertz CT molecular complexity index is 1170. The summed E-state index contributed by atoms with van der Waals surface area (Å²) in [6.45, 7) is 1.69. The number of amides is 1. The normalized spacial score (nSPS) is 11.0. The predicted molar refractivity (Wildman–Crippen MR) is 116 cm³/mol. The number of sulfonamides is 1. The predicted octanol–water partition coefficient (Wildman–Crippen LogP) is 4.27. The Kier molecular flexibility index (Phi) is 6.54. The standard InChI is InChI=1S/C22H19ClN2O4S/c1-15(26)16-8-12-20(13-9-16)30(28,29)25-19-10-6-17(7-11-19)22(27)24-14-18-4-2-3-5-21(18)23/h2-13,25H,14H2,1H3,(H,24,27). The van der Waals surface area contributed by atoms with Crippen LogP contribution < -0.4 is 10.0 Å². The lowest BCUT2D eigenvalue weighted by Crippen LogP contribution is -2.23. The maximum absolute atomic E-state index is 12.5. The van der Waals surface area contributed by atoms with Crippen molar-refractivity contribution in [3.63, 3.8) is 0 Å². The van der Waals surface area contributed by atoms with Gasteiger partial charge < -0.3 is 5.32 Å². The minimum Gasteiger partial charge on any atom is -0.348 e. The number of anilines is 1. The van der Waals surface area contributed by atoms with Crippen LogP contribution in [0.4, 0.5) is 5.69 Å². The van der Waals surface area contributed by atoms with Gasteiger partial charge in [0.2, 0.25) is 0 Å². The van der Waals surface area contributed by atoms with Gasteiger partial charge in [0.05, 0.1) is 4.90 Å². The third kappa shape index (κ3) is 5.25. The van der Waals surface area contributed by atoms with E-state index in [4.69, 9.17) is 11.6 Å². The molecule has 3 aromatic carbocycles.